The third-order valence-corrected chi connectivity index (χ3v) is 8.72. The maximum Gasteiger partial charge on any atom is 0.243 e. The van der Waals surface area contributed by atoms with Crippen LogP contribution in [0.1, 0.15) is 18.1 Å². The predicted molar refractivity (Wildman–Crippen MR) is 104 cm³/mol. The second-order valence-electron chi connectivity index (χ2n) is 6.95. The molecule has 1 aliphatic heterocycles. The van der Waals surface area contributed by atoms with Gasteiger partial charge in [-0.2, -0.15) is 8.61 Å². The highest BCUT2D eigenvalue weighted by atomic mass is 32.2. The summed E-state index contributed by atoms with van der Waals surface area (Å²) in [6, 6.07) is 12.9. The van der Waals surface area contributed by atoms with Crippen molar-refractivity contribution in [2.75, 3.05) is 19.6 Å². The number of aryl methyl sites for hydroxylation is 2. The first kappa shape index (κ1) is 20.0. The molecular weight excluding hydrogens is 384 g/mol. The van der Waals surface area contributed by atoms with E-state index in [1.54, 1.807) is 55.5 Å². The Labute approximate surface area is 161 Å². The molecule has 0 radical (unpaired) electrons. The van der Waals surface area contributed by atoms with Crippen LogP contribution in [0.4, 0.5) is 0 Å². The van der Waals surface area contributed by atoms with Crippen LogP contribution >= 0.6 is 0 Å². The average Bonchev–Trinajstić information content (AvgIpc) is 2.62. The van der Waals surface area contributed by atoms with E-state index in [9.17, 15) is 16.8 Å². The fourth-order valence-electron chi connectivity index (χ4n) is 3.19. The Morgan fingerprint density at radius 1 is 0.741 bits per heavy atom. The van der Waals surface area contributed by atoms with Gasteiger partial charge in [-0.25, -0.2) is 16.8 Å². The zero-order chi connectivity index (χ0) is 19.8. The van der Waals surface area contributed by atoms with Gasteiger partial charge >= 0.3 is 0 Å². The van der Waals surface area contributed by atoms with Gasteiger partial charge in [0.25, 0.3) is 0 Å². The van der Waals surface area contributed by atoms with Gasteiger partial charge < -0.3 is 0 Å². The van der Waals surface area contributed by atoms with Crippen LogP contribution in [-0.4, -0.2) is 51.1 Å². The lowest BCUT2D eigenvalue weighted by atomic mass is 10.2. The number of nitrogens with zero attached hydrogens (tertiary/aromatic N) is 2. The van der Waals surface area contributed by atoms with E-state index >= 15 is 0 Å². The quantitative estimate of drug-likeness (QED) is 0.779. The Kier molecular flexibility index (Phi) is 5.45. The van der Waals surface area contributed by atoms with Crippen molar-refractivity contribution < 1.29 is 16.8 Å². The smallest absolute Gasteiger partial charge is 0.207 e. The third-order valence-electron chi connectivity index (χ3n) is 4.82. The average molecular weight is 409 g/mol. The van der Waals surface area contributed by atoms with Crippen LogP contribution in [0.3, 0.4) is 0 Å². The lowest BCUT2D eigenvalue weighted by Crippen LogP contribution is -2.55. The molecule has 0 spiro atoms. The third kappa shape index (κ3) is 3.94. The van der Waals surface area contributed by atoms with Crippen molar-refractivity contribution in [2.45, 2.75) is 36.6 Å². The Balaban J connectivity index is 1.81. The van der Waals surface area contributed by atoms with Crippen LogP contribution in [0.15, 0.2) is 58.3 Å². The summed E-state index contributed by atoms with van der Waals surface area (Å²) in [4.78, 5) is 0.463. The first-order chi connectivity index (χ1) is 12.6. The number of benzene rings is 2. The molecule has 1 atom stereocenters. The summed E-state index contributed by atoms with van der Waals surface area (Å²) in [6.45, 7) is 5.92. The van der Waals surface area contributed by atoms with Gasteiger partial charge in [-0.05, 0) is 45.0 Å². The SMILES string of the molecule is Cc1ccc(S(=O)(=O)N2CCN(S(=O)(=O)c3ccc(C)cc3)[C@@H](C)C2)cc1. The summed E-state index contributed by atoms with van der Waals surface area (Å²) in [7, 11) is -7.29. The molecule has 146 valence electrons. The van der Waals surface area contributed by atoms with Crippen molar-refractivity contribution >= 4 is 20.0 Å². The Morgan fingerprint density at radius 2 is 1.19 bits per heavy atom. The molecular formula is C19H24N2O4S2. The van der Waals surface area contributed by atoms with E-state index < -0.39 is 26.1 Å². The highest BCUT2D eigenvalue weighted by Crippen LogP contribution is 2.25. The summed E-state index contributed by atoms with van der Waals surface area (Å²) >= 11 is 0. The lowest BCUT2D eigenvalue weighted by Gasteiger charge is -2.38. The first-order valence-electron chi connectivity index (χ1n) is 8.78. The van der Waals surface area contributed by atoms with E-state index in [1.807, 2.05) is 13.8 Å². The van der Waals surface area contributed by atoms with Gasteiger partial charge in [-0.1, -0.05) is 35.4 Å². The zero-order valence-corrected chi connectivity index (χ0v) is 17.3. The fourth-order valence-corrected chi connectivity index (χ4v) is 6.31. The number of hydrogen-bond acceptors (Lipinski definition) is 4. The monoisotopic (exact) mass is 408 g/mol. The minimum atomic E-state index is -3.66. The van der Waals surface area contributed by atoms with Gasteiger partial charge in [-0.15, -0.1) is 0 Å². The van der Waals surface area contributed by atoms with E-state index in [-0.39, 0.29) is 29.4 Å². The summed E-state index contributed by atoms with van der Waals surface area (Å²) in [5.41, 5.74) is 1.97. The highest BCUT2D eigenvalue weighted by molar-refractivity contribution is 7.89. The topological polar surface area (TPSA) is 74.8 Å². The highest BCUT2D eigenvalue weighted by Gasteiger charge is 2.37. The number of sulfonamides is 2. The van der Waals surface area contributed by atoms with Gasteiger partial charge in [0, 0.05) is 25.7 Å². The second kappa shape index (κ2) is 7.35. The molecule has 2 aromatic carbocycles. The van der Waals surface area contributed by atoms with Gasteiger partial charge in [0.2, 0.25) is 20.0 Å². The van der Waals surface area contributed by atoms with Crippen LogP contribution in [-0.2, 0) is 20.0 Å². The molecule has 6 nitrogen and oxygen atoms in total. The maximum absolute atomic E-state index is 12.9. The molecule has 0 aliphatic carbocycles. The first-order valence-corrected chi connectivity index (χ1v) is 11.7. The van der Waals surface area contributed by atoms with E-state index in [0.717, 1.165) is 11.1 Å². The molecule has 0 aromatic heterocycles. The van der Waals surface area contributed by atoms with Crippen LogP contribution in [0, 0.1) is 13.8 Å². The number of piperazine rings is 1. The van der Waals surface area contributed by atoms with Crippen molar-refractivity contribution in [2.24, 2.45) is 0 Å². The van der Waals surface area contributed by atoms with Crippen molar-refractivity contribution in [3.63, 3.8) is 0 Å². The van der Waals surface area contributed by atoms with Gasteiger partial charge in [0.05, 0.1) is 9.79 Å². The normalized spacial score (nSPS) is 19.9. The molecule has 1 fully saturated rings. The zero-order valence-electron chi connectivity index (χ0n) is 15.7. The van der Waals surface area contributed by atoms with Crippen molar-refractivity contribution in [3.05, 3.63) is 59.7 Å². The molecule has 0 N–H and O–H groups in total. The number of rotatable bonds is 4. The molecule has 1 saturated heterocycles. The van der Waals surface area contributed by atoms with E-state index in [2.05, 4.69) is 0 Å². The molecule has 0 amide bonds. The summed E-state index contributed by atoms with van der Waals surface area (Å²) < 4.78 is 54.3. The molecule has 0 unspecified atom stereocenters. The van der Waals surface area contributed by atoms with Gasteiger partial charge in [0.15, 0.2) is 0 Å². The summed E-state index contributed by atoms with van der Waals surface area (Å²) in [6.07, 6.45) is 0. The maximum atomic E-state index is 12.9. The van der Waals surface area contributed by atoms with E-state index in [4.69, 9.17) is 0 Å². The molecule has 1 heterocycles. The second-order valence-corrected chi connectivity index (χ2v) is 10.8. The van der Waals surface area contributed by atoms with Crippen molar-refractivity contribution in [1.82, 2.24) is 8.61 Å². The van der Waals surface area contributed by atoms with E-state index in [1.165, 1.54) is 8.61 Å². The minimum Gasteiger partial charge on any atom is -0.207 e. The Hall–Kier alpha value is -1.74. The molecule has 8 heteroatoms. The summed E-state index contributed by atoms with van der Waals surface area (Å²) in [5, 5.41) is 0. The largest absolute Gasteiger partial charge is 0.243 e. The number of hydrogen-bond donors (Lipinski definition) is 0. The fraction of sp³-hybridized carbons (Fsp3) is 0.368. The van der Waals surface area contributed by atoms with Crippen LogP contribution in [0.2, 0.25) is 0 Å². The van der Waals surface area contributed by atoms with Crippen LogP contribution < -0.4 is 0 Å². The Bertz CT molecular complexity index is 1010. The van der Waals surface area contributed by atoms with E-state index in [0.29, 0.717) is 0 Å². The molecule has 0 saturated carbocycles. The molecule has 0 bridgehead atoms. The van der Waals surface area contributed by atoms with Crippen molar-refractivity contribution in [3.8, 4) is 0 Å². The standard InChI is InChI=1S/C19H24N2O4S2/c1-15-4-8-18(9-5-15)26(22,23)20-12-13-21(17(3)14-20)27(24,25)19-10-6-16(2)7-11-19/h4-11,17H,12-14H2,1-3H3/t17-/m0/s1. The molecule has 2 aromatic rings. The minimum absolute atomic E-state index is 0.126. The summed E-state index contributed by atoms with van der Waals surface area (Å²) in [5.74, 6) is 0. The van der Waals surface area contributed by atoms with Gasteiger partial charge in [0.1, 0.15) is 0 Å². The van der Waals surface area contributed by atoms with Crippen LogP contribution in [0.25, 0.3) is 0 Å². The molecule has 1 aliphatic rings. The Morgan fingerprint density at radius 3 is 1.63 bits per heavy atom. The van der Waals surface area contributed by atoms with Gasteiger partial charge in [-0.3, -0.25) is 0 Å². The molecule has 3 rings (SSSR count). The lowest BCUT2D eigenvalue weighted by molar-refractivity contribution is 0.212. The molecule has 27 heavy (non-hydrogen) atoms. The van der Waals surface area contributed by atoms with Crippen LogP contribution in [0.5, 0.6) is 0 Å². The van der Waals surface area contributed by atoms with Crippen molar-refractivity contribution in [1.29, 1.82) is 0 Å². The predicted octanol–water partition coefficient (Wildman–Crippen LogP) is 2.39.